The molecule has 0 unspecified atom stereocenters. The predicted octanol–water partition coefficient (Wildman–Crippen LogP) is 0.206. The highest BCUT2D eigenvalue weighted by Crippen LogP contribution is 1.97. The molecule has 0 aliphatic carbocycles. The van der Waals surface area contributed by atoms with E-state index in [2.05, 4.69) is 15.1 Å². The molecule has 0 aliphatic rings. The fraction of sp³-hybridized carbons (Fsp3) is 0.250. The molecular weight excluding hydrogens is 168 g/mol. The van der Waals surface area contributed by atoms with Crippen LogP contribution in [-0.4, -0.2) is 19.7 Å². The molecule has 2 aromatic rings. The van der Waals surface area contributed by atoms with Gasteiger partial charge in [0.1, 0.15) is 5.52 Å². The van der Waals surface area contributed by atoms with Gasteiger partial charge in [-0.25, -0.2) is 9.67 Å². The van der Waals surface area contributed by atoms with Gasteiger partial charge in [0.15, 0.2) is 5.52 Å². The number of hydrogen-bond donors (Lipinski definition) is 0. The SMILES string of the molecule is CCn1ncc2nccnc2c1=O. The maximum absolute atomic E-state index is 11.6. The van der Waals surface area contributed by atoms with Crippen LogP contribution in [0, 0.1) is 0 Å². The summed E-state index contributed by atoms with van der Waals surface area (Å²) in [6.07, 6.45) is 4.59. The van der Waals surface area contributed by atoms with Crippen LogP contribution in [0.4, 0.5) is 0 Å². The second-order valence-electron chi connectivity index (χ2n) is 2.56. The third-order valence-corrected chi connectivity index (χ3v) is 1.78. The number of nitrogens with zero attached hydrogens (tertiary/aromatic N) is 4. The molecule has 2 heterocycles. The van der Waals surface area contributed by atoms with Gasteiger partial charge in [-0.2, -0.15) is 5.10 Å². The van der Waals surface area contributed by atoms with Crippen LogP contribution in [0.3, 0.4) is 0 Å². The average molecular weight is 176 g/mol. The average Bonchev–Trinajstić information content (AvgIpc) is 2.19. The summed E-state index contributed by atoms with van der Waals surface area (Å²) in [6, 6.07) is 0. The van der Waals surface area contributed by atoms with E-state index in [0.29, 0.717) is 17.6 Å². The summed E-state index contributed by atoms with van der Waals surface area (Å²) in [7, 11) is 0. The van der Waals surface area contributed by atoms with E-state index < -0.39 is 0 Å². The molecule has 0 amide bonds. The molecular formula is C8H8N4O. The largest absolute Gasteiger partial charge is 0.294 e. The van der Waals surface area contributed by atoms with Crippen molar-refractivity contribution in [1.82, 2.24) is 19.7 Å². The van der Waals surface area contributed by atoms with Crippen LogP contribution in [0.1, 0.15) is 6.92 Å². The number of hydrogen-bond acceptors (Lipinski definition) is 4. The monoisotopic (exact) mass is 176 g/mol. The lowest BCUT2D eigenvalue weighted by Crippen LogP contribution is -2.22. The topological polar surface area (TPSA) is 60.7 Å². The molecule has 2 rings (SSSR count). The smallest absolute Gasteiger partial charge is 0.265 e. The van der Waals surface area contributed by atoms with Crippen LogP contribution in [0.2, 0.25) is 0 Å². The summed E-state index contributed by atoms with van der Waals surface area (Å²) < 4.78 is 1.36. The highest BCUT2D eigenvalue weighted by atomic mass is 16.1. The maximum atomic E-state index is 11.6. The molecule has 66 valence electrons. The molecule has 0 saturated heterocycles. The molecule has 0 saturated carbocycles. The summed E-state index contributed by atoms with van der Waals surface area (Å²) in [5.41, 5.74) is 0.727. The molecule has 0 aliphatic heterocycles. The Bertz CT molecular complexity index is 491. The first-order valence-corrected chi connectivity index (χ1v) is 3.99. The first-order valence-electron chi connectivity index (χ1n) is 3.99. The quantitative estimate of drug-likeness (QED) is 0.623. The molecule has 5 heteroatoms. The number of rotatable bonds is 1. The predicted molar refractivity (Wildman–Crippen MR) is 47.3 cm³/mol. The Morgan fingerprint density at radius 3 is 2.92 bits per heavy atom. The van der Waals surface area contributed by atoms with E-state index in [-0.39, 0.29) is 5.56 Å². The lowest BCUT2D eigenvalue weighted by atomic mass is 10.4. The summed E-state index contributed by atoms with van der Waals surface area (Å²) in [5, 5.41) is 3.93. The summed E-state index contributed by atoms with van der Waals surface area (Å²) >= 11 is 0. The Kier molecular flexibility index (Phi) is 1.77. The zero-order valence-corrected chi connectivity index (χ0v) is 7.14. The number of fused-ring (bicyclic) bond motifs is 1. The molecule has 0 fully saturated rings. The van der Waals surface area contributed by atoms with E-state index >= 15 is 0 Å². The molecule has 0 bridgehead atoms. The van der Waals surface area contributed by atoms with E-state index in [1.165, 1.54) is 10.9 Å². The van der Waals surface area contributed by atoms with Gasteiger partial charge in [-0.05, 0) is 6.92 Å². The van der Waals surface area contributed by atoms with Crippen LogP contribution in [0.15, 0.2) is 23.4 Å². The van der Waals surface area contributed by atoms with Gasteiger partial charge in [-0.3, -0.25) is 9.78 Å². The van der Waals surface area contributed by atoms with Crippen molar-refractivity contribution in [2.75, 3.05) is 0 Å². The first kappa shape index (κ1) is 7.85. The zero-order valence-electron chi connectivity index (χ0n) is 7.14. The third kappa shape index (κ3) is 1.18. The van der Waals surface area contributed by atoms with Crippen molar-refractivity contribution in [3.05, 3.63) is 28.9 Å². The number of aryl methyl sites for hydroxylation is 1. The highest BCUT2D eigenvalue weighted by Gasteiger charge is 2.02. The molecule has 0 spiro atoms. The molecule has 13 heavy (non-hydrogen) atoms. The van der Waals surface area contributed by atoms with Crippen LogP contribution in [0.5, 0.6) is 0 Å². The lowest BCUT2D eigenvalue weighted by Gasteiger charge is -1.99. The summed E-state index contributed by atoms with van der Waals surface area (Å²) in [5.74, 6) is 0. The van der Waals surface area contributed by atoms with Gasteiger partial charge in [0.2, 0.25) is 0 Å². The normalized spacial score (nSPS) is 10.5. The van der Waals surface area contributed by atoms with Crippen LogP contribution >= 0.6 is 0 Å². The number of aromatic nitrogens is 4. The zero-order chi connectivity index (χ0) is 9.26. The Balaban J connectivity index is 2.87. The van der Waals surface area contributed by atoms with Gasteiger partial charge in [0.25, 0.3) is 5.56 Å². The van der Waals surface area contributed by atoms with Gasteiger partial charge in [0.05, 0.1) is 6.20 Å². The van der Waals surface area contributed by atoms with Crippen molar-refractivity contribution in [2.24, 2.45) is 0 Å². The van der Waals surface area contributed by atoms with Gasteiger partial charge >= 0.3 is 0 Å². The van der Waals surface area contributed by atoms with Crippen molar-refractivity contribution in [2.45, 2.75) is 13.5 Å². The highest BCUT2D eigenvalue weighted by molar-refractivity contribution is 5.70. The molecule has 0 radical (unpaired) electrons. The van der Waals surface area contributed by atoms with Crippen LogP contribution in [0.25, 0.3) is 11.0 Å². The van der Waals surface area contributed by atoms with E-state index in [1.807, 2.05) is 6.92 Å². The second kappa shape index (κ2) is 2.93. The molecule has 0 atom stereocenters. The van der Waals surface area contributed by atoms with E-state index in [9.17, 15) is 4.79 Å². The van der Waals surface area contributed by atoms with Crippen LogP contribution in [-0.2, 0) is 6.54 Å². The van der Waals surface area contributed by atoms with Crippen molar-refractivity contribution >= 4 is 11.0 Å². The molecule has 5 nitrogen and oxygen atoms in total. The fourth-order valence-corrected chi connectivity index (χ4v) is 1.13. The maximum Gasteiger partial charge on any atom is 0.294 e. The molecule has 0 aromatic carbocycles. The van der Waals surface area contributed by atoms with Crippen molar-refractivity contribution < 1.29 is 0 Å². The van der Waals surface area contributed by atoms with E-state index in [4.69, 9.17) is 0 Å². The summed E-state index contributed by atoms with van der Waals surface area (Å²) in [6.45, 7) is 2.40. The molecule has 0 N–H and O–H groups in total. The van der Waals surface area contributed by atoms with Gasteiger partial charge in [-0.15, -0.1) is 0 Å². The van der Waals surface area contributed by atoms with Crippen LogP contribution < -0.4 is 5.56 Å². The van der Waals surface area contributed by atoms with Crippen molar-refractivity contribution in [1.29, 1.82) is 0 Å². The minimum Gasteiger partial charge on any atom is -0.265 e. The minimum atomic E-state index is -0.187. The van der Waals surface area contributed by atoms with E-state index in [1.54, 1.807) is 12.4 Å². The summed E-state index contributed by atoms with van der Waals surface area (Å²) in [4.78, 5) is 19.5. The minimum absolute atomic E-state index is 0.187. The third-order valence-electron chi connectivity index (χ3n) is 1.78. The standard InChI is InChI=1S/C8H8N4O/c1-2-12-8(13)7-6(5-11-12)9-3-4-10-7/h3-5H,2H2,1H3. The fourth-order valence-electron chi connectivity index (χ4n) is 1.13. The lowest BCUT2D eigenvalue weighted by molar-refractivity contribution is 0.621. The second-order valence-corrected chi connectivity index (χ2v) is 2.56. The van der Waals surface area contributed by atoms with Crippen molar-refractivity contribution in [3.63, 3.8) is 0 Å². The first-order chi connectivity index (χ1) is 6.33. The van der Waals surface area contributed by atoms with Gasteiger partial charge < -0.3 is 0 Å². The Hall–Kier alpha value is -1.78. The Morgan fingerprint density at radius 1 is 1.38 bits per heavy atom. The van der Waals surface area contributed by atoms with Gasteiger partial charge in [-0.1, -0.05) is 0 Å². The van der Waals surface area contributed by atoms with Gasteiger partial charge in [0, 0.05) is 18.9 Å². The van der Waals surface area contributed by atoms with E-state index in [0.717, 1.165) is 0 Å². The van der Waals surface area contributed by atoms with Crippen molar-refractivity contribution in [3.8, 4) is 0 Å². The Labute approximate surface area is 74.1 Å². The molecule has 2 aromatic heterocycles. The Morgan fingerprint density at radius 2 is 2.15 bits per heavy atom.